The van der Waals surface area contributed by atoms with E-state index in [2.05, 4.69) is 47.2 Å². The second kappa shape index (κ2) is 8.89. The predicted octanol–water partition coefficient (Wildman–Crippen LogP) is 5.53. The van der Waals surface area contributed by atoms with Crippen molar-refractivity contribution in [2.75, 3.05) is 18.4 Å². The molecular weight excluding hydrogens is 346 g/mol. The molecule has 0 saturated carbocycles. The Kier molecular flexibility index (Phi) is 6.32. The standard InChI is InChI=1S/C22H23N3O.C2H6/c1-3-25(4-2)14-18-16-10-6-7-11-19(16)23-21(18)13-17-15-9-5-8-12-20(15)24-22(17)26;1-2/h5-13,23H,3-4,14H2,1-2H3,(H,24,26);1-2H3/b17-13-;. The van der Waals surface area contributed by atoms with E-state index in [0.717, 1.165) is 42.1 Å². The Hall–Kier alpha value is -2.85. The van der Waals surface area contributed by atoms with Crippen LogP contribution in [-0.2, 0) is 11.3 Å². The average Bonchev–Trinajstić information content (AvgIpc) is 3.25. The summed E-state index contributed by atoms with van der Waals surface area (Å²) in [6.07, 6.45) is 2.00. The second-order valence-corrected chi connectivity index (χ2v) is 6.58. The number of nitrogens with zero attached hydrogens (tertiary/aromatic N) is 1. The molecule has 0 bridgehead atoms. The quantitative estimate of drug-likeness (QED) is 0.576. The third kappa shape index (κ3) is 3.73. The average molecular weight is 376 g/mol. The zero-order valence-corrected chi connectivity index (χ0v) is 17.2. The maximum absolute atomic E-state index is 12.5. The Morgan fingerprint density at radius 2 is 1.64 bits per heavy atom. The third-order valence-corrected chi connectivity index (χ3v) is 5.12. The largest absolute Gasteiger partial charge is 0.355 e. The van der Waals surface area contributed by atoms with E-state index in [9.17, 15) is 4.79 Å². The van der Waals surface area contributed by atoms with Gasteiger partial charge in [0, 0.05) is 34.4 Å². The molecule has 146 valence electrons. The lowest BCUT2D eigenvalue weighted by atomic mass is 10.0. The van der Waals surface area contributed by atoms with Gasteiger partial charge in [-0.1, -0.05) is 64.1 Å². The van der Waals surface area contributed by atoms with Crippen molar-refractivity contribution in [1.29, 1.82) is 0 Å². The Morgan fingerprint density at radius 3 is 2.39 bits per heavy atom. The van der Waals surface area contributed by atoms with E-state index >= 15 is 0 Å². The molecule has 0 aliphatic carbocycles. The highest BCUT2D eigenvalue weighted by molar-refractivity contribution is 6.35. The molecule has 0 radical (unpaired) electrons. The Bertz CT molecular complexity index is 996. The van der Waals surface area contributed by atoms with E-state index in [1.807, 2.05) is 50.3 Å². The molecular formula is C24H29N3O. The molecule has 0 spiro atoms. The molecule has 1 aromatic heterocycles. The predicted molar refractivity (Wildman–Crippen MR) is 119 cm³/mol. The maximum atomic E-state index is 12.5. The van der Waals surface area contributed by atoms with Gasteiger partial charge in [-0.2, -0.15) is 0 Å². The van der Waals surface area contributed by atoms with Crippen LogP contribution in [0.4, 0.5) is 5.69 Å². The number of benzene rings is 2. The second-order valence-electron chi connectivity index (χ2n) is 6.58. The number of aromatic amines is 1. The number of fused-ring (bicyclic) bond motifs is 2. The van der Waals surface area contributed by atoms with Gasteiger partial charge < -0.3 is 10.3 Å². The van der Waals surface area contributed by atoms with Gasteiger partial charge >= 0.3 is 0 Å². The maximum Gasteiger partial charge on any atom is 0.256 e. The van der Waals surface area contributed by atoms with Crippen molar-refractivity contribution < 1.29 is 4.79 Å². The fourth-order valence-electron chi connectivity index (χ4n) is 3.61. The van der Waals surface area contributed by atoms with Crippen molar-refractivity contribution in [2.24, 2.45) is 0 Å². The number of carbonyl (C=O) groups excluding carboxylic acids is 1. The number of rotatable bonds is 5. The number of H-pyrrole nitrogens is 1. The Morgan fingerprint density at radius 1 is 0.964 bits per heavy atom. The lowest BCUT2D eigenvalue weighted by molar-refractivity contribution is -0.110. The zero-order chi connectivity index (χ0) is 20.1. The minimum absolute atomic E-state index is 0.0429. The van der Waals surface area contributed by atoms with E-state index in [1.165, 1.54) is 10.9 Å². The monoisotopic (exact) mass is 375 g/mol. The van der Waals surface area contributed by atoms with Crippen molar-refractivity contribution in [3.63, 3.8) is 0 Å². The van der Waals surface area contributed by atoms with Gasteiger partial charge in [-0.3, -0.25) is 9.69 Å². The highest BCUT2D eigenvalue weighted by Gasteiger charge is 2.24. The Balaban J connectivity index is 0.00000109. The van der Waals surface area contributed by atoms with Crippen molar-refractivity contribution in [3.8, 4) is 0 Å². The van der Waals surface area contributed by atoms with Gasteiger partial charge in [-0.15, -0.1) is 0 Å². The number of para-hydroxylation sites is 2. The summed E-state index contributed by atoms with van der Waals surface area (Å²) in [6, 6.07) is 16.2. The van der Waals surface area contributed by atoms with Crippen molar-refractivity contribution in [2.45, 2.75) is 34.2 Å². The number of anilines is 1. The van der Waals surface area contributed by atoms with Crippen LogP contribution in [0.2, 0.25) is 0 Å². The van der Waals surface area contributed by atoms with Crippen molar-refractivity contribution in [1.82, 2.24) is 9.88 Å². The van der Waals surface area contributed by atoms with Gasteiger partial charge in [0.25, 0.3) is 5.91 Å². The number of aromatic nitrogens is 1. The van der Waals surface area contributed by atoms with Gasteiger partial charge in [-0.25, -0.2) is 0 Å². The molecule has 4 nitrogen and oxygen atoms in total. The van der Waals surface area contributed by atoms with E-state index in [1.54, 1.807) is 0 Å². The molecule has 1 amide bonds. The van der Waals surface area contributed by atoms with Crippen LogP contribution in [0, 0.1) is 0 Å². The van der Waals surface area contributed by atoms with Crippen LogP contribution in [0.15, 0.2) is 48.5 Å². The first-order valence-corrected chi connectivity index (χ1v) is 10.2. The van der Waals surface area contributed by atoms with Crippen molar-refractivity contribution in [3.05, 3.63) is 65.4 Å². The topological polar surface area (TPSA) is 48.1 Å². The fraction of sp³-hybridized carbons (Fsp3) is 0.292. The highest BCUT2D eigenvalue weighted by Crippen LogP contribution is 2.34. The molecule has 4 heteroatoms. The van der Waals surface area contributed by atoms with Crippen molar-refractivity contribution >= 4 is 34.1 Å². The van der Waals surface area contributed by atoms with Gasteiger partial charge in [-0.05, 0) is 36.9 Å². The molecule has 28 heavy (non-hydrogen) atoms. The minimum atomic E-state index is -0.0429. The minimum Gasteiger partial charge on any atom is -0.355 e. The molecule has 2 N–H and O–H groups in total. The normalized spacial score (nSPS) is 14.2. The summed E-state index contributed by atoms with van der Waals surface area (Å²) in [5, 5.41) is 4.17. The summed E-state index contributed by atoms with van der Waals surface area (Å²) >= 11 is 0. The van der Waals surface area contributed by atoms with Gasteiger partial charge in [0.05, 0.1) is 5.57 Å². The van der Waals surface area contributed by atoms with Gasteiger partial charge in [0.1, 0.15) is 0 Å². The zero-order valence-electron chi connectivity index (χ0n) is 17.2. The summed E-state index contributed by atoms with van der Waals surface area (Å²) < 4.78 is 0. The number of nitrogens with one attached hydrogen (secondary N) is 2. The van der Waals surface area contributed by atoms with E-state index in [0.29, 0.717) is 5.57 Å². The SMILES string of the molecule is CC.CCN(CC)Cc1c(/C=C2\C(=O)Nc3ccccc32)[nH]c2ccccc12. The lowest BCUT2D eigenvalue weighted by Gasteiger charge is -2.18. The molecule has 0 atom stereocenters. The smallest absolute Gasteiger partial charge is 0.256 e. The fourth-order valence-corrected chi connectivity index (χ4v) is 3.61. The third-order valence-electron chi connectivity index (χ3n) is 5.12. The molecule has 1 aliphatic heterocycles. The number of hydrogen-bond donors (Lipinski definition) is 2. The molecule has 3 aromatic rings. The first kappa shape index (κ1) is 19.9. The van der Waals surface area contributed by atoms with Gasteiger partial charge in [0.2, 0.25) is 0 Å². The van der Waals surface area contributed by atoms with Crippen LogP contribution < -0.4 is 5.32 Å². The number of amides is 1. The van der Waals surface area contributed by atoms with Crippen LogP contribution in [0.5, 0.6) is 0 Å². The molecule has 0 saturated heterocycles. The molecule has 4 rings (SSSR count). The molecule has 0 unspecified atom stereocenters. The van der Waals surface area contributed by atoms with E-state index < -0.39 is 0 Å². The first-order valence-electron chi connectivity index (χ1n) is 10.2. The first-order chi connectivity index (χ1) is 13.7. The van der Waals surface area contributed by atoms with E-state index in [-0.39, 0.29) is 5.91 Å². The van der Waals surface area contributed by atoms with Crippen LogP contribution in [-0.4, -0.2) is 28.9 Å². The summed E-state index contributed by atoms with van der Waals surface area (Å²) in [5.41, 5.74) is 5.92. The number of hydrogen-bond acceptors (Lipinski definition) is 2. The molecule has 2 heterocycles. The molecule has 1 aliphatic rings. The summed E-state index contributed by atoms with van der Waals surface area (Å²) in [6.45, 7) is 11.2. The van der Waals surface area contributed by atoms with E-state index in [4.69, 9.17) is 0 Å². The molecule has 0 fully saturated rings. The lowest BCUT2D eigenvalue weighted by Crippen LogP contribution is -2.22. The van der Waals surface area contributed by atoms with Crippen LogP contribution in [0.3, 0.4) is 0 Å². The highest BCUT2D eigenvalue weighted by atomic mass is 16.2. The van der Waals surface area contributed by atoms with Crippen LogP contribution >= 0.6 is 0 Å². The summed E-state index contributed by atoms with van der Waals surface area (Å²) in [4.78, 5) is 18.4. The summed E-state index contributed by atoms with van der Waals surface area (Å²) in [7, 11) is 0. The summed E-state index contributed by atoms with van der Waals surface area (Å²) in [5.74, 6) is -0.0429. The number of carbonyl (C=O) groups is 1. The van der Waals surface area contributed by atoms with Gasteiger partial charge in [0.15, 0.2) is 0 Å². The Labute approximate surface area is 167 Å². The van der Waals surface area contributed by atoms with Crippen LogP contribution in [0.1, 0.15) is 44.5 Å². The van der Waals surface area contributed by atoms with Crippen LogP contribution in [0.25, 0.3) is 22.6 Å². The molecule has 2 aromatic carbocycles.